The van der Waals surface area contributed by atoms with Crippen LogP contribution < -0.4 is 10.6 Å². The van der Waals surface area contributed by atoms with Crippen LogP contribution in [-0.2, 0) is 11.2 Å². The van der Waals surface area contributed by atoms with Crippen molar-refractivity contribution in [2.75, 3.05) is 13.1 Å². The predicted octanol–water partition coefficient (Wildman–Crippen LogP) is 0.412. The van der Waals surface area contributed by atoms with Crippen molar-refractivity contribution in [3.8, 4) is 0 Å². The van der Waals surface area contributed by atoms with Gasteiger partial charge in [0.15, 0.2) is 6.33 Å². The van der Waals surface area contributed by atoms with Crippen LogP contribution in [0.5, 0.6) is 0 Å². The molecule has 2 unspecified atom stereocenters. The molecule has 1 aliphatic carbocycles. The summed E-state index contributed by atoms with van der Waals surface area (Å²) in [6.07, 6.45) is 4.22. The summed E-state index contributed by atoms with van der Waals surface area (Å²) in [5.74, 6) is -0.624. The van der Waals surface area contributed by atoms with Gasteiger partial charge >= 0.3 is 12.0 Å². The van der Waals surface area contributed by atoms with Crippen molar-refractivity contribution in [1.82, 2.24) is 20.8 Å². The SMILES string of the molecule is O=C(NCCc1ncno1)NCC1CCCC1C(=O)O. The van der Waals surface area contributed by atoms with Gasteiger partial charge < -0.3 is 20.3 Å². The summed E-state index contributed by atoms with van der Waals surface area (Å²) >= 11 is 0. The van der Waals surface area contributed by atoms with E-state index >= 15 is 0 Å². The van der Waals surface area contributed by atoms with E-state index in [1.165, 1.54) is 6.33 Å². The number of hydrogen-bond acceptors (Lipinski definition) is 5. The lowest BCUT2D eigenvalue weighted by molar-refractivity contribution is -0.142. The molecule has 8 nitrogen and oxygen atoms in total. The Morgan fingerprint density at radius 3 is 2.95 bits per heavy atom. The monoisotopic (exact) mass is 282 g/mol. The summed E-state index contributed by atoms with van der Waals surface area (Å²) in [6, 6.07) is -0.305. The molecule has 0 spiro atoms. The molecule has 0 aromatic carbocycles. The topological polar surface area (TPSA) is 117 Å². The van der Waals surface area contributed by atoms with Gasteiger partial charge in [-0.3, -0.25) is 4.79 Å². The maximum Gasteiger partial charge on any atom is 0.314 e. The lowest BCUT2D eigenvalue weighted by atomic mass is 9.96. The van der Waals surface area contributed by atoms with Crippen LogP contribution in [0.15, 0.2) is 10.9 Å². The Hall–Kier alpha value is -2.12. The molecule has 8 heteroatoms. The van der Waals surface area contributed by atoms with Crippen LogP contribution in [0.2, 0.25) is 0 Å². The second-order valence-corrected chi connectivity index (χ2v) is 4.86. The standard InChI is InChI=1S/C12H18N4O4/c17-11(18)9-3-1-2-8(9)6-14-12(19)13-5-4-10-15-7-16-20-10/h7-9H,1-6H2,(H,17,18)(H2,13,14,19). The minimum atomic E-state index is -0.772. The van der Waals surface area contributed by atoms with E-state index in [1.54, 1.807) is 0 Å². The lowest BCUT2D eigenvalue weighted by Crippen LogP contribution is -2.40. The highest BCUT2D eigenvalue weighted by atomic mass is 16.5. The van der Waals surface area contributed by atoms with E-state index in [0.29, 0.717) is 31.8 Å². The van der Waals surface area contributed by atoms with Crippen LogP contribution in [-0.4, -0.2) is 40.3 Å². The van der Waals surface area contributed by atoms with Crippen molar-refractivity contribution in [2.24, 2.45) is 11.8 Å². The Bertz CT molecular complexity index is 448. The average Bonchev–Trinajstić information content (AvgIpc) is 3.07. The van der Waals surface area contributed by atoms with Gasteiger partial charge in [0, 0.05) is 19.5 Å². The third-order valence-corrected chi connectivity index (χ3v) is 3.53. The van der Waals surface area contributed by atoms with E-state index in [9.17, 15) is 9.59 Å². The Kier molecular flexibility index (Phi) is 4.91. The molecule has 110 valence electrons. The van der Waals surface area contributed by atoms with E-state index < -0.39 is 5.97 Å². The second-order valence-electron chi connectivity index (χ2n) is 4.86. The lowest BCUT2D eigenvalue weighted by Gasteiger charge is -2.16. The number of carbonyl (C=O) groups excluding carboxylic acids is 1. The minimum absolute atomic E-state index is 0.0224. The number of urea groups is 1. The Morgan fingerprint density at radius 2 is 2.25 bits per heavy atom. The first-order valence-corrected chi connectivity index (χ1v) is 6.67. The molecule has 1 heterocycles. The van der Waals surface area contributed by atoms with Gasteiger partial charge in [0.05, 0.1) is 5.92 Å². The summed E-state index contributed by atoms with van der Waals surface area (Å²) < 4.78 is 4.80. The highest BCUT2D eigenvalue weighted by Gasteiger charge is 2.32. The predicted molar refractivity (Wildman–Crippen MR) is 67.9 cm³/mol. The molecule has 0 aliphatic heterocycles. The van der Waals surface area contributed by atoms with E-state index in [4.69, 9.17) is 9.63 Å². The van der Waals surface area contributed by atoms with Crippen LogP contribution in [0.1, 0.15) is 25.2 Å². The molecule has 2 rings (SSSR count). The number of carboxylic acid groups (broad SMARTS) is 1. The zero-order valence-corrected chi connectivity index (χ0v) is 11.0. The summed E-state index contributed by atoms with van der Waals surface area (Å²) in [7, 11) is 0. The molecule has 2 atom stereocenters. The fourth-order valence-corrected chi connectivity index (χ4v) is 2.48. The number of carbonyl (C=O) groups is 2. The highest BCUT2D eigenvalue weighted by Crippen LogP contribution is 2.31. The summed E-state index contributed by atoms with van der Waals surface area (Å²) in [5, 5.41) is 17.9. The Balaban J connectivity index is 1.63. The molecule has 1 aromatic rings. The molecule has 1 fully saturated rings. The average molecular weight is 282 g/mol. The fraction of sp³-hybridized carbons (Fsp3) is 0.667. The van der Waals surface area contributed by atoms with Crippen molar-refractivity contribution in [3.63, 3.8) is 0 Å². The first-order chi connectivity index (χ1) is 9.66. The smallest absolute Gasteiger partial charge is 0.314 e. The molecule has 1 aromatic heterocycles. The molecule has 1 aliphatic rings. The van der Waals surface area contributed by atoms with Gasteiger partial charge in [-0.2, -0.15) is 4.98 Å². The van der Waals surface area contributed by atoms with Gasteiger partial charge in [-0.15, -0.1) is 0 Å². The zero-order valence-electron chi connectivity index (χ0n) is 11.0. The third-order valence-electron chi connectivity index (χ3n) is 3.53. The number of amides is 2. The maximum absolute atomic E-state index is 11.6. The highest BCUT2D eigenvalue weighted by molar-refractivity contribution is 5.74. The first kappa shape index (κ1) is 14.3. The van der Waals surface area contributed by atoms with Gasteiger partial charge in [0.1, 0.15) is 0 Å². The van der Waals surface area contributed by atoms with Crippen molar-refractivity contribution < 1.29 is 19.2 Å². The van der Waals surface area contributed by atoms with Crippen LogP contribution in [0.4, 0.5) is 4.79 Å². The normalized spacial score (nSPS) is 21.6. The molecule has 0 bridgehead atoms. The Labute approximate surface area is 115 Å². The first-order valence-electron chi connectivity index (χ1n) is 6.67. The largest absolute Gasteiger partial charge is 0.481 e. The van der Waals surface area contributed by atoms with Crippen LogP contribution in [0.3, 0.4) is 0 Å². The number of hydrogen-bond donors (Lipinski definition) is 3. The number of nitrogens with zero attached hydrogens (tertiary/aromatic N) is 2. The third kappa shape index (κ3) is 3.94. The molecule has 20 heavy (non-hydrogen) atoms. The van der Waals surface area contributed by atoms with E-state index in [0.717, 1.165) is 12.8 Å². The van der Waals surface area contributed by atoms with E-state index in [-0.39, 0.29) is 17.9 Å². The van der Waals surface area contributed by atoms with Gasteiger partial charge in [-0.1, -0.05) is 11.6 Å². The zero-order chi connectivity index (χ0) is 14.4. The van der Waals surface area contributed by atoms with E-state index in [1.807, 2.05) is 0 Å². The quantitative estimate of drug-likeness (QED) is 0.695. The molecule has 3 N–H and O–H groups in total. The summed E-state index contributed by atoms with van der Waals surface area (Å²) in [6.45, 7) is 0.782. The number of aliphatic carboxylic acids is 1. The summed E-state index contributed by atoms with van der Waals surface area (Å²) in [5.41, 5.74) is 0. The summed E-state index contributed by atoms with van der Waals surface area (Å²) in [4.78, 5) is 26.4. The van der Waals surface area contributed by atoms with Gasteiger partial charge in [0.2, 0.25) is 5.89 Å². The van der Waals surface area contributed by atoms with Crippen molar-refractivity contribution in [3.05, 3.63) is 12.2 Å². The molecule has 0 saturated heterocycles. The van der Waals surface area contributed by atoms with Crippen LogP contribution in [0, 0.1) is 11.8 Å². The maximum atomic E-state index is 11.6. The van der Waals surface area contributed by atoms with Gasteiger partial charge in [0.25, 0.3) is 0 Å². The molecule has 1 saturated carbocycles. The van der Waals surface area contributed by atoms with Crippen molar-refractivity contribution >= 4 is 12.0 Å². The Morgan fingerprint density at radius 1 is 1.40 bits per heavy atom. The van der Waals surface area contributed by atoms with Gasteiger partial charge in [-0.05, 0) is 18.8 Å². The van der Waals surface area contributed by atoms with Crippen molar-refractivity contribution in [2.45, 2.75) is 25.7 Å². The van der Waals surface area contributed by atoms with Crippen molar-refractivity contribution in [1.29, 1.82) is 0 Å². The fourth-order valence-electron chi connectivity index (χ4n) is 2.48. The van der Waals surface area contributed by atoms with Crippen LogP contribution in [0.25, 0.3) is 0 Å². The van der Waals surface area contributed by atoms with Crippen LogP contribution >= 0.6 is 0 Å². The van der Waals surface area contributed by atoms with Gasteiger partial charge in [-0.25, -0.2) is 4.79 Å². The molecular weight excluding hydrogens is 264 g/mol. The minimum Gasteiger partial charge on any atom is -0.481 e. The number of carboxylic acids is 1. The number of aromatic nitrogens is 2. The molecular formula is C12H18N4O4. The number of rotatable bonds is 6. The second kappa shape index (κ2) is 6.88. The molecule has 0 radical (unpaired) electrons. The van der Waals surface area contributed by atoms with E-state index in [2.05, 4.69) is 20.8 Å². The number of nitrogens with one attached hydrogen (secondary N) is 2. The molecule has 2 amide bonds.